The molecule has 0 bridgehead atoms. The molecule has 0 rings (SSSR count). The monoisotopic (exact) mass is 173 g/mol. The van der Waals surface area contributed by atoms with Crippen LogP contribution in [0.3, 0.4) is 0 Å². The smallest absolute Gasteiger partial charge is 0.0791 e. The molecule has 0 aromatic carbocycles. The third-order valence-electron chi connectivity index (χ3n) is 2.54. The van der Waals surface area contributed by atoms with Crippen molar-refractivity contribution in [1.82, 2.24) is 5.32 Å². The van der Waals surface area contributed by atoms with Crippen molar-refractivity contribution in [2.75, 3.05) is 13.1 Å². The van der Waals surface area contributed by atoms with E-state index in [0.717, 1.165) is 25.9 Å². The fraction of sp³-hybridized carbons (Fsp3) is 1.00. The summed E-state index contributed by atoms with van der Waals surface area (Å²) in [5.74, 6) is 0.326. The van der Waals surface area contributed by atoms with Crippen LogP contribution >= 0.6 is 0 Å². The molecule has 0 heterocycles. The standard InChI is InChI=1S/C10H23NO/c1-5-7-11-8-10(12,6-2)9(3)4/h9,11-12H,5-8H2,1-4H3. The van der Waals surface area contributed by atoms with Crippen molar-refractivity contribution in [1.29, 1.82) is 0 Å². The lowest BCUT2D eigenvalue weighted by Crippen LogP contribution is -2.44. The summed E-state index contributed by atoms with van der Waals surface area (Å²) in [5.41, 5.74) is -0.519. The third kappa shape index (κ3) is 3.55. The van der Waals surface area contributed by atoms with Crippen molar-refractivity contribution in [3.05, 3.63) is 0 Å². The molecular formula is C10H23NO. The van der Waals surface area contributed by atoms with E-state index >= 15 is 0 Å². The summed E-state index contributed by atoms with van der Waals surface area (Å²) in [6.07, 6.45) is 1.94. The van der Waals surface area contributed by atoms with Crippen LogP contribution in [0.4, 0.5) is 0 Å². The summed E-state index contributed by atoms with van der Waals surface area (Å²) in [6, 6.07) is 0. The van der Waals surface area contributed by atoms with Crippen LogP contribution in [0.2, 0.25) is 0 Å². The molecule has 2 nitrogen and oxygen atoms in total. The molecule has 2 heteroatoms. The molecule has 0 fully saturated rings. The van der Waals surface area contributed by atoms with Crippen LogP contribution in [0.25, 0.3) is 0 Å². The van der Waals surface area contributed by atoms with E-state index in [-0.39, 0.29) is 0 Å². The largest absolute Gasteiger partial charge is 0.388 e. The fourth-order valence-corrected chi connectivity index (χ4v) is 1.22. The van der Waals surface area contributed by atoms with E-state index in [1.165, 1.54) is 0 Å². The van der Waals surface area contributed by atoms with Crippen LogP contribution in [-0.2, 0) is 0 Å². The first-order chi connectivity index (χ1) is 5.56. The molecule has 1 unspecified atom stereocenters. The Bertz CT molecular complexity index is 114. The summed E-state index contributed by atoms with van der Waals surface area (Å²) in [7, 11) is 0. The lowest BCUT2D eigenvalue weighted by Gasteiger charge is -2.31. The first-order valence-electron chi connectivity index (χ1n) is 5.00. The minimum Gasteiger partial charge on any atom is -0.388 e. The fourth-order valence-electron chi connectivity index (χ4n) is 1.22. The molecule has 12 heavy (non-hydrogen) atoms. The molecule has 1 atom stereocenters. The Labute approximate surface area is 76.4 Å². The van der Waals surface area contributed by atoms with Gasteiger partial charge in [-0.3, -0.25) is 0 Å². The molecular weight excluding hydrogens is 150 g/mol. The molecule has 0 aliphatic heterocycles. The van der Waals surface area contributed by atoms with Gasteiger partial charge in [0.05, 0.1) is 5.60 Å². The second-order valence-corrected chi connectivity index (χ2v) is 3.79. The van der Waals surface area contributed by atoms with E-state index in [2.05, 4.69) is 26.1 Å². The van der Waals surface area contributed by atoms with Crippen molar-refractivity contribution in [3.8, 4) is 0 Å². The van der Waals surface area contributed by atoms with Crippen LogP contribution in [0.5, 0.6) is 0 Å². The Morgan fingerprint density at radius 1 is 1.33 bits per heavy atom. The normalized spacial score (nSPS) is 16.5. The second-order valence-electron chi connectivity index (χ2n) is 3.79. The van der Waals surface area contributed by atoms with E-state index in [9.17, 15) is 5.11 Å². The van der Waals surface area contributed by atoms with E-state index in [1.807, 2.05) is 6.92 Å². The molecule has 0 aliphatic rings. The number of hydrogen-bond donors (Lipinski definition) is 2. The van der Waals surface area contributed by atoms with Crippen LogP contribution in [0.15, 0.2) is 0 Å². The van der Waals surface area contributed by atoms with Gasteiger partial charge in [-0.25, -0.2) is 0 Å². The van der Waals surface area contributed by atoms with Gasteiger partial charge in [0.1, 0.15) is 0 Å². The molecule has 74 valence electrons. The Morgan fingerprint density at radius 3 is 2.25 bits per heavy atom. The lowest BCUT2D eigenvalue weighted by atomic mass is 9.88. The minimum absolute atomic E-state index is 0.326. The van der Waals surface area contributed by atoms with E-state index in [0.29, 0.717) is 5.92 Å². The van der Waals surface area contributed by atoms with Gasteiger partial charge in [-0.15, -0.1) is 0 Å². The van der Waals surface area contributed by atoms with Gasteiger partial charge in [0.25, 0.3) is 0 Å². The average molecular weight is 173 g/mol. The summed E-state index contributed by atoms with van der Waals surface area (Å²) < 4.78 is 0. The van der Waals surface area contributed by atoms with Gasteiger partial charge < -0.3 is 10.4 Å². The minimum atomic E-state index is -0.519. The predicted molar refractivity (Wildman–Crippen MR) is 53.2 cm³/mol. The van der Waals surface area contributed by atoms with Crippen molar-refractivity contribution < 1.29 is 5.11 Å². The summed E-state index contributed by atoms with van der Waals surface area (Å²) in [4.78, 5) is 0. The zero-order valence-corrected chi connectivity index (χ0v) is 8.85. The quantitative estimate of drug-likeness (QED) is 0.600. The van der Waals surface area contributed by atoms with Gasteiger partial charge in [-0.05, 0) is 25.3 Å². The highest BCUT2D eigenvalue weighted by Crippen LogP contribution is 2.19. The van der Waals surface area contributed by atoms with Gasteiger partial charge in [0, 0.05) is 6.54 Å². The Kier molecular flexibility index (Phi) is 5.51. The molecule has 0 saturated heterocycles. The molecule has 0 radical (unpaired) electrons. The van der Waals surface area contributed by atoms with Crippen LogP contribution < -0.4 is 5.32 Å². The van der Waals surface area contributed by atoms with Crippen LogP contribution in [0, 0.1) is 5.92 Å². The third-order valence-corrected chi connectivity index (χ3v) is 2.54. The molecule has 0 spiro atoms. The zero-order chi connectivity index (χ0) is 9.61. The Morgan fingerprint density at radius 2 is 1.92 bits per heavy atom. The van der Waals surface area contributed by atoms with Gasteiger partial charge in [0.2, 0.25) is 0 Å². The van der Waals surface area contributed by atoms with Crippen molar-refractivity contribution >= 4 is 0 Å². The SMILES string of the molecule is CCCNCC(O)(CC)C(C)C. The maximum atomic E-state index is 10.1. The Balaban J connectivity index is 3.80. The van der Waals surface area contributed by atoms with Gasteiger partial charge in [0.15, 0.2) is 0 Å². The maximum absolute atomic E-state index is 10.1. The molecule has 0 aromatic rings. The zero-order valence-electron chi connectivity index (χ0n) is 8.85. The lowest BCUT2D eigenvalue weighted by molar-refractivity contribution is -0.00739. The highest BCUT2D eigenvalue weighted by Gasteiger charge is 2.27. The molecule has 0 aliphatic carbocycles. The van der Waals surface area contributed by atoms with Gasteiger partial charge in [-0.2, -0.15) is 0 Å². The first-order valence-corrected chi connectivity index (χ1v) is 5.00. The molecule has 0 amide bonds. The number of aliphatic hydroxyl groups is 1. The van der Waals surface area contributed by atoms with Gasteiger partial charge >= 0.3 is 0 Å². The number of nitrogens with one attached hydrogen (secondary N) is 1. The molecule has 0 aromatic heterocycles. The number of hydrogen-bond acceptors (Lipinski definition) is 2. The highest BCUT2D eigenvalue weighted by atomic mass is 16.3. The summed E-state index contributed by atoms with van der Waals surface area (Å²) in [6.45, 7) is 10.0. The predicted octanol–water partition coefficient (Wildman–Crippen LogP) is 1.78. The summed E-state index contributed by atoms with van der Waals surface area (Å²) in [5, 5.41) is 13.3. The van der Waals surface area contributed by atoms with Crippen LogP contribution in [-0.4, -0.2) is 23.8 Å². The number of rotatable bonds is 6. The Hall–Kier alpha value is -0.0800. The van der Waals surface area contributed by atoms with E-state index in [4.69, 9.17) is 0 Å². The highest BCUT2D eigenvalue weighted by molar-refractivity contribution is 4.82. The average Bonchev–Trinajstić information content (AvgIpc) is 2.04. The molecule has 0 saturated carbocycles. The summed E-state index contributed by atoms with van der Waals surface area (Å²) >= 11 is 0. The van der Waals surface area contributed by atoms with E-state index in [1.54, 1.807) is 0 Å². The van der Waals surface area contributed by atoms with Crippen molar-refractivity contribution in [2.24, 2.45) is 5.92 Å². The maximum Gasteiger partial charge on any atom is 0.0791 e. The van der Waals surface area contributed by atoms with Crippen LogP contribution in [0.1, 0.15) is 40.5 Å². The van der Waals surface area contributed by atoms with E-state index < -0.39 is 5.60 Å². The molecule has 2 N–H and O–H groups in total. The van der Waals surface area contributed by atoms with Crippen molar-refractivity contribution in [3.63, 3.8) is 0 Å². The first kappa shape index (κ1) is 11.9. The van der Waals surface area contributed by atoms with Gasteiger partial charge in [-0.1, -0.05) is 27.7 Å². The second kappa shape index (κ2) is 5.55. The van der Waals surface area contributed by atoms with Crippen molar-refractivity contribution in [2.45, 2.75) is 46.1 Å². The topological polar surface area (TPSA) is 32.3 Å².